The molecule has 0 aliphatic rings. The molecule has 0 aliphatic heterocycles. The predicted molar refractivity (Wildman–Crippen MR) is 69.8 cm³/mol. The van der Waals surface area contributed by atoms with E-state index in [1.54, 1.807) is 24.3 Å². The van der Waals surface area contributed by atoms with Gasteiger partial charge in [-0.1, -0.05) is 24.0 Å². The van der Waals surface area contributed by atoms with E-state index in [2.05, 4.69) is 17.2 Å². The molecule has 0 fully saturated rings. The molecule has 0 atom stereocenters. The summed E-state index contributed by atoms with van der Waals surface area (Å²) >= 11 is 0. The number of amides is 2. The molecule has 0 unspecified atom stereocenters. The van der Waals surface area contributed by atoms with Crippen LogP contribution in [0.3, 0.4) is 0 Å². The molecule has 100 valence electrons. The second-order valence-corrected chi connectivity index (χ2v) is 3.56. The van der Waals surface area contributed by atoms with Crippen molar-refractivity contribution in [1.82, 2.24) is 10.7 Å². The van der Waals surface area contributed by atoms with E-state index in [-0.39, 0.29) is 19.1 Å². The standard InChI is InChI=1S/C13H15N3O3/c1-10(17)15-8-4-6-11-5-2-3-7-12(11)19-9-13(18)16-14/h2-3,5,7H,8-9,14H2,1H3,(H,15,17)(H,16,18). The normalized spacial score (nSPS) is 8.95. The molecule has 0 saturated carbocycles. The topological polar surface area (TPSA) is 93.4 Å². The van der Waals surface area contributed by atoms with Crippen LogP contribution in [0.4, 0.5) is 0 Å². The maximum absolute atomic E-state index is 11.0. The molecule has 0 aromatic heterocycles. The van der Waals surface area contributed by atoms with Gasteiger partial charge in [-0.2, -0.15) is 0 Å². The molecule has 0 aliphatic carbocycles. The SMILES string of the molecule is CC(=O)NCC#Cc1ccccc1OCC(=O)NN. The minimum atomic E-state index is -0.430. The second kappa shape index (κ2) is 7.74. The molecule has 2 amide bonds. The zero-order valence-corrected chi connectivity index (χ0v) is 10.5. The maximum atomic E-state index is 11.0. The Morgan fingerprint density at radius 1 is 1.37 bits per heavy atom. The van der Waals surface area contributed by atoms with Crippen LogP contribution in [0.15, 0.2) is 24.3 Å². The number of carbonyl (C=O) groups is 2. The fourth-order valence-corrected chi connectivity index (χ4v) is 1.19. The number of benzene rings is 1. The van der Waals surface area contributed by atoms with Crippen LogP contribution in [0.25, 0.3) is 0 Å². The average Bonchev–Trinajstić information content (AvgIpc) is 2.41. The molecule has 0 heterocycles. The van der Waals surface area contributed by atoms with Crippen molar-refractivity contribution in [2.75, 3.05) is 13.2 Å². The third kappa shape index (κ3) is 5.57. The molecule has 0 spiro atoms. The highest BCUT2D eigenvalue weighted by Crippen LogP contribution is 2.16. The monoisotopic (exact) mass is 261 g/mol. The number of para-hydroxylation sites is 1. The van der Waals surface area contributed by atoms with Crippen molar-refractivity contribution in [2.45, 2.75) is 6.92 Å². The molecular weight excluding hydrogens is 246 g/mol. The van der Waals surface area contributed by atoms with Gasteiger partial charge in [-0.3, -0.25) is 15.0 Å². The van der Waals surface area contributed by atoms with Crippen molar-refractivity contribution < 1.29 is 14.3 Å². The van der Waals surface area contributed by atoms with E-state index in [0.29, 0.717) is 11.3 Å². The minimum absolute atomic E-state index is 0.140. The summed E-state index contributed by atoms with van der Waals surface area (Å²) in [5, 5.41) is 2.56. The van der Waals surface area contributed by atoms with Gasteiger partial charge < -0.3 is 10.1 Å². The van der Waals surface area contributed by atoms with Gasteiger partial charge in [0, 0.05) is 6.92 Å². The number of hydrogen-bond donors (Lipinski definition) is 3. The maximum Gasteiger partial charge on any atom is 0.271 e. The molecule has 4 N–H and O–H groups in total. The molecular formula is C13H15N3O3. The summed E-state index contributed by atoms with van der Waals surface area (Å²) in [4.78, 5) is 21.7. The largest absolute Gasteiger partial charge is 0.482 e. The summed E-state index contributed by atoms with van der Waals surface area (Å²) in [5.41, 5.74) is 2.61. The first kappa shape index (κ1) is 14.5. The van der Waals surface area contributed by atoms with Gasteiger partial charge in [0.15, 0.2) is 6.61 Å². The lowest BCUT2D eigenvalue weighted by molar-refractivity contribution is -0.123. The third-order valence-electron chi connectivity index (χ3n) is 2.06. The molecule has 6 nitrogen and oxygen atoms in total. The summed E-state index contributed by atoms with van der Waals surface area (Å²) in [5.74, 6) is 10.5. The first-order chi connectivity index (χ1) is 9.13. The van der Waals surface area contributed by atoms with Gasteiger partial charge in [0.2, 0.25) is 5.91 Å². The number of hydrogen-bond acceptors (Lipinski definition) is 4. The lowest BCUT2D eigenvalue weighted by atomic mass is 10.2. The van der Waals surface area contributed by atoms with Gasteiger partial charge in [-0.05, 0) is 12.1 Å². The zero-order valence-electron chi connectivity index (χ0n) is 10.5. The Morgan fingerprint density at radius 3 is 2.79 bits per heavy atom. The number of ether oxygens (including phenoxy) is 1. The van der Waals surface area contributed by atoms with Crippen LogP contribution in [0.1, 0.15) is 12.5 Å². The van der Waals surface area contributed by atoms with Crippen LogP contribution in [-0.4, -0.2) is 25.0 Å². The smallest absolute Gasteiger partial charge is 0.271 e. The Kier molecular flexibility index (Phi) is 5.92. The van der Waals surface area contributed by atoms with Crippen molar-refractivity contribution in [1.29, 1.82) is 0 Å². The van der Waals surface area contributed by atoms with Crippen LogP contribution in [0.2, 0.25) is 0 Å². The van der Waals surface area contributed by atoms with Gasteiger partial charge in [0.05, 0.1) is 12.1 Å². The highest BCUT2D eigenvalue weighted by atomic mass is 16.5. The summed E-state index contributed by atoms with van der Waals surface area (Å²) < 4.78 is 5.29. The molecule has 1 aromatic carbocycles. The van der Waals surface area contributed by atoms with Gasteiger partial charge in [-0.15, -0.1) is 0 Å². The van der Waals surface area contributed by atoms with E-state index >= 15 is 0 Å². The van der Waals surface area contributed by atoms with Crippen LogP contribution in [-0.2, 0) is 9.59 Å². The van der Waals surface area contributed by atoms with Gasteiger partial charge in [0.1, 0.15) is 5.75 Å². The molecule has 0 bridgehead atoms. The van der Waals surface area contributed by atoms with Crippen LogP contribution in [0, 0.1) is 11.8 Å². The van der Waals surface area contributed by atoms with E-state index in [1.165, 1.54) is 6.92 Å². The zero-order chi connectivity index (χ0) is 14.1. The van der Waals surface area contributed by atoms with Crippen molar-refractivity contribution in [3.05, 3.63) is 29.8 Å². The number of nitrogens with one attached hydrogen (secondary N) is 2. The first-order valence-corrected chi connectivity index (χ1v) is 5.58. The van der Waals surface area contributed by atoms with Crippen molar-refractivity contribution in [3.63, 3.8) is 0 Å². The number of nitrogens with two attached hydrogens (primary N) is 1. The number of hydrazine groups is 1. The minimum Gasteiger partial charge on any atom is -0.482 e. The van der Waals surface area contributed by atoms with Crippen LogP contribution < -0.4 is 21.3 Å². The number of rotatable bonds is 4. The molecule has 0 saturated heterocycles. The fraction of sp³-hybridized carbons (Fsp3) is 0.231. The van der Waals surface area contributed by atoms with Gasteiger partial charge in [0.25, 0.3) is 5.91 Å². The lowest BCUT2D eigenvalue weighted by Gasteiger charge is -2.06. The van der Waals surface area contributed by atoms with Crippen molar-refractivity contribution in [3.8, 4) is 17.6 Å². The number of carbonyl (C=O) groups excluding carboxylic acids is 2. The molecule has 1 aromatic rings. The van der Waals surface area contributed by atoms with E-state index in [9.17, 15) is 9.59 Å². The molecule has 0 radical (unpaired) electrons. The molecule has 6 heteroatoms. The summed E-state index contributed by atoms with van der Waals surface area (Å²) in [6.07, 6.45) is 0. The highest BCUT2D eigenvalue weighted by molar-refractivity contribution is 5.76. The summed E-state index contributed by atoms with van der Waals surface area (Å²) in [6, 6.07) is 7.04. The first-order valence-electron chi connectivity index (χ1n) is 5.58. The third-order valence-corrected chi connectivity index (χ3v) is 2.06. The second-order valence-electron chi connectivity index (χ2n) is 3.56. The summed E-state index contributed by atoms with van der Waals surface area (Å²) in [6.45, 7) is 1.50. The average molecular weight is 261 g/mol. The van der Waals surface area contributed by atoms with E-state index < -0.39 is 5.91 Å². The van der Waals surface area contributed by atoms with E-state index in [4.69, 9.17) is 10.6 Å². The van der Waals surface area contributed by atoms with Crippen molar-refractivity contribution >= 4 is 11.8 Å². The van der Waals surface area contributed by atoms with E-state index in [1.807, 2.05) is 5.43 Å². The van der Waals surface area contributed by atoms with Crippen LogP contribution >= 0.6 is 0 Å². The van der Waals surface area contributed by atoms with Crippen LogP contribution in [0.5, 0.6) is 5.75 Å². The van der Waals surface area contributed by atoms with Gasteiger partial charge in [-0.25, -0.2) is 5.84 Å². The van der Waals surface area contributed by atoms with Gasteiger partial charge >= 0.3 is 0 Å². The highest BCUT2D eigenvalue weighted by Gasteiger charge is 2.03. The Bertz CT molecular complexity index is 517. The van der Waals surface area contributed by atoms with Crippen molar-refractivity contribution in [2.24, 2.45) is 5.84 Å². The Labute approximate surface area is 111 Å². The Balaban J connectivity index is 2.67. The predicted octanol–water partition coefficient (Wildman–Crippen LogP) is -0.457. The Hall–Kier alpha value is -2.52. The quantitative estimate of drug-likeness (QED) is 0.296. The molecule has 19 heavy (non-hydrogen) atoms. The molecule has 1 rings (SSSR count). The Morgan fingerprint density at radius 2 is 2.11 bits per heavy atom. The summed E-state index contributed by atoms with van der Waals surface area (Å²) in [7, 11) is 0. The van der Waals surface area contributed by atoms with E-state index in [0.717, 1.165) is 0 Å². The fourth-order valence-electron chi connectivity index (χ4n) is 1.19. The lowest BCUT2D eigenvalue weighted by Crippen LogP contribution is -2.34.